The summed E-state index contributed by atoms with van der Waals surface area (Å²) in [6.45, 7) is 1.79. The molecular formula is C21H20F3N5O2. The molecule has 0 saturated carbocycles. The van der Waals surface area contributed by atoms with Gasteiger partial charge in [-0.2, -0.15) is 18.3 Å². The number of para-hydroxylation sites is 1. The molecule has 1 fully saturated rings. The van der Waals surface area contributed by atoms with Crippen LogP contribution in [-0.4, -0.2) is 40.1 Å². The van der Waals surface area contributed by atoms with Gasteiger partial charge < -0.3 is 10.1 Å². The number of nitrogens with one attached hydrogen (secondary N) is 2. The van der Waals surface area contributed by atoms with Gasteiger partial charge >= 0.3 is 12.3 Å². The average molecular weight is 431 g/mol. The maximum atomic E-state index is 13.8. The van der Waals surface area contributed by atoms with Gasteiger partial charge in [0, 0.05) is 17.1 Å². The van der Waals surface area contributed by atoms with E-state index >= 15 is 0 Å². The number of carbonyl (C=O) groups is 1. The first-order chi connectivity index (χ1) is 14.9. The van der Waals surface area contributed by atoms with Crippen molar-refractivity contribution in [1.82, 2.24) is 20.1 Å². The third kappa shape index (κ3) is 3.50. The van der Waals surface area contributed by atoms with Gasteiger partial charge in [0.2, 0.25) is 6.10 Å². The van der Waals surface area contributed by atoms with Crippen LogP contribution in [0.4, 0.5) is 23.8 Å². The zero-order valence-electron chi connectivity index (χ0n) is 16.4. The van der Waals surface area contributed by atoms with E-state index in [1.165, 1.54) is 12.3 Å². The van der Waals surface area contributed by atoms with Crippen molar-refractivity contribution in [3.05, 3.63) is 42.1 Å². The summed E-state index contributed by atoms with van der Waals surface area (Å²) < 4.78 is 47.9. The highest BCUT2D eigenvalue weighted by atomic mass is 19.4. The predicted octanol–water partition coefficient (Wildman–Crippen LogP) is 4.58. The summed E-state index contributed by atoms with van der Waals surface area (Å²) >= 11 is 0. The summed E-state index contributed by atoms with van der Waals surface area (Å²) in [4.78, 5) is 15.6. The number of nitrogens with zero attached hydrogens (tertiary/aromatic N) is 3. The van der Waals surface area contributed by atoms with Crippen molar-refractivity contribution < 1.29 is 22.7 Å². The minimum atomic E-state index is -4.78. The van der Waals surface area contributed by atoms with Gasteiger partial charge in [-0.1, -0.05) is 18.2 Å². The maximum Gasteiger partial charge on any atom is 0.430 e. The number of rotatable bonds is 2. The number of hydrogen-bond donors (Lipinski definition) is 2. The Hall–Kier alpha value is -3.14. The summed E-state index contributed by atoms with van der Waals surface area (Å²) in [6, 6.07) is 9.13. The number of pyridine rings is 1. The normalized spacial score (nSPS) is 21.8. The second-order valence-corrected chi connectivity index (χ2v) is 7.72. The number of anilines is 1. The molecule has 7 nitrogen and oxygen atoms in total. The summed E-state index contributed by atoms with van der Waals surface area (Å²) in [5.74, 6) is -0.159. The molecule has 2 N–H and O–H groups in total. The van der Waals surface area contributed by atoms with Gasteiger partial charge in [-0.15, -0.1) is 0 Å². The third-order valence-electron chi connectivity index (χ3n) is 5.75. The van der Waals surface area contributed by atoms with Crippen LogP contribution in [0.25, 0.3) is 22.2 Å². The monoisotopic (exact) mass is 431 g/mol. The molecule has 162 valence electrons. The van der Waals surface area contributed by atoms with E-state index in [4.69, 9.17) is 5.10 Å². The molecule has 0 unspecified atom stereocenters. The Kier molecular flexibility index (Phi) is 4.81. The fourth-order valence-corrected chi connectivity index (χ4v) is 4.38. The number of hydrogen-bond acceptors (Lipinski definition) is 5. The number of amides is 1. The minimum Gasteiger partial charge on any atom is -0.431 e. The average Bonchev–Trinajstić information content (AvgIpc) is 2.91. The van der Waals surface area contributed by atoms with Crippen molar-refractivity contribution in [2.45, 2.75) is 37.6 Å². The van der Waals surface area contributed by atoms with Crippen molar-refractivity contribution >= 4 is 22.8 Å². The number of benzene rings is 1. The molecule has 10 heteroatoms. The van der Waals surface area contributed by atoms with Crippen molar-refractivity contribution in [1.29, 1.82) is 0 Å². The van der Waals surface area contributed by atoms with Crippen LogP contribution in [0.2, 0.25) is 0 Å². The van der Waals surface area contributed by atoms with Gasteiger partial charge in [-0.3, -0.25) is 10.00 Å². The predicted molar refractivity (Wildman–Crippen MR) is 108 cm³/mol. The number of cyclic esters (lactones) is 1. The fourth-order valence-electron chi connectivity index (χ4n) is 4.38. The van der Waals surface area contributed by atoms with Crippen LogP contribution in [0.1, 0.15) is 37.0 Å². The second kappa shape index (κ2) is 7.52. The van der Waals surface area contributed by atoms with Gasteiger partial charge in [0.05, 0.1) is 17.1 Å². The molecule has 31 heavy (non-hydrogen) atoms. The quantitative estimate of drug-likeness (QED) is 0.621. The van der Waals surface area contributed by atoms with E-state index in [-0.39, 0.29) is 23.0 Å². The van der Waals surface area contributed by atoms with Crippen LogP contribution in [0.5, 0.6) is 0 Å². The smallest absolute Gasteiger partial charge is 0.430 e. The molecule has 0 radical (unpaired) electrons. The molecule has 2 aliphatic heterocycles. The maximum absolute atomic E-state index is 13.8. The third-order valence-corrected chi connectivity index (χ3v) is 5.75. The molecule has 4 heterocycles. The fraction of sp³-hybridized carbons (Fsp3) is 0.381. The van der Waals surface area contributed by atoms with E-state index in [1.54, 1.807) is 0 Å². The Morgan fingerprint density at radius 3 is 2.81 bits per heavy atom. The Morgan fingerprint density at radius 2 is 1.97 bits per heavy atom. The second-order valence-electron chi connectivity index (χ2n) is 7.72. The molecule has 2 aromatic heterocycles. The highest BCUT2D eigenvalue weighted by Crippen LogP contribution is 2.46. The van der Waals surface area contributed by atoms with Crippen LogP contribution in [0.15, 0.2) is 36.5 Å². The number of halogens is 3. The van der Waals surface area contributed by atoms with Crippen LogP contribution in [0, 0.1) is 0 Å². The lowest BCUT2D eigenvalue weighted by Gasteiger charge is -2.28. The van der Waals surface area contributed by atoms with Gasteiger partial charge in [0.1, 0.15) is 11.5 Å². The molecule has 1 amide bonds. The lowest BCUT2D eigenvalue weighted by molar-refractivity contribution is -0.206. The molecule has 1 aromatic carbocycles. The Balaban J connectivity index is 1.71. The Morgan fingerprint density at radius 1 is 1.13 bits per heavy atom. The van der Waals surface area contributed by atoms with Gasteiger partial charge in [0.15, 0.2) is 0 Å². The van der Waals surface area contributed by atoms with E-state index in [9.17, 15) is 18.0 Å². The van der Waals surface area contributed by atoms with E-state index in [1.807, 2.05) is 28.9 Å². The highest BCUT2D eigenvalue weighted by molar-refractivity contribution is 5.97. The molecule has 2 atom stereocenters. The van der Waals surface area contributed by atoms with Crippen LogP contribution < -0.4 is 10.6 Å². The van der Waals surface area contributed by atoms with Gasteiger partial charge in [-0.05, 0) is 44.5 Å². The standard InChI is InChI=1S/C21H20F3N5O2/c22-21(23,24)18-16-14(8-11-26-19(16)27-20(30)31-18)17-13-5-1-2-6-15(13)29(28-17)12-4-3-9-25-10-7-12/h1-2,5-6,8,11-12,18,25H,3-4,7,9-10H2,(H,26,27,30)/t12-,18-/m1/s1. The summed E-state index contributed by atoms with van der Waals surface area (Å²) in [6.07, 6.45) is -4.20. The van der Waals surface area contributed by atoms with Crippen molar-refractivity contribution in [3.63, 3.8) is 0 Å². The van der Waals surface area contributed by atoms with E-state index < -0.39 is 18.4 Å². The number of alkyl halides is 3. The molecule has 0 bridgehead atoms. The zero-order valence-corrected chi connectivity index (χ0v) is 16.4. The molecule has 1 saturated heterocycles. The van der Waals surface area contributed by atoms with Crippen molar-refractivity contribution in [3.8, 4) is 11.3 Å². The van der Waals surface area contributed by atoms with Crippen LogP contribution >= 0.6 is 0 Å². The number of ether oxygens (including phenoxy) is 1. The molecule has 0 aliphatic carbocycles. The summed E-state index contributed by atoms with van der Waals surface area (Å²) in [7, 11) is 0. The first-order valence-electron chi connectivity index (χ1n) is 10.1. The van der Waals surface area contributed by atoms with Crippen LogP contribution in [-0.2, 0) is 4.74 Å². The summed E-state index contributed by atoms with van der Waals surface area (Å²) in [5, 5.41) is 11.2. The van der Waals surface area contributed by atoms with E-state index in [2.05, 4.69) is 20.4 Å². The topological polar surface area (TPSA) is 81.1 Å². The minimum absolute atomic E-state index is 0.140. The van der Waals surface area contributed by atoms with E-state index in [0.717, 1.165) is 43.3 Å². The lowest BCUT2D eigenvalue weighted by Crippen LogP contribution is -2.34. The zero-order chi connectivity index (χ0) is 21.6. The largest absolute Gasteiger partial charge is 0.431 e. The first kappa shape index (κ1) is 19.8. The lowest BCUT2D eigenvalue weighted by atomic mass is 9.97. The SMILES string of the molecule is O=C1Nc2nccc(-c3nn([C@@H]4CCCNCC4)c4ccccc34)c2[C@H](C(F)(F)F)O1. The molecule has 5 rings (SSSR count). The number of carbonyl (C=O) groups excluding carboxylic acids is 1. The first-order valence-corrected chi connectivity index (χ1v) is 10.1. The molecule has 0 spiro atoms. The van der Waals surface area contributed by atoms with Gasteiger partial charge in [-0.25, -0.2) is 9.78 Å². The Labute approximate surface area is 175 Å². The molecular weight excluding hydrogens is 411 g/mol. The van der Waals surface area contributed by atoms with E-state index in [0.29, 0.717) is 5.69 Å². The Bertz CT molecular complexity index is 1140. The molecule has 2 aliphatic rings. The highest BCUT2D eigenvalue weighted by Gasteiger charge is 2.49. The van der Waals surface area contributed by atoms with Crippen molar-refractivity contribution in [2.24, 2.45) is 0 Å². The van der Waals surface area contributed by atoms with Crippen LogP contribution in [0.3, 0.4) is 0 Å². The van der Waals surface area contributed by atoms with Gasteiger partial charge in [0.25, 0.3) is 0 Å². The summed E-state index contributed by atoms with van der Waals surface area (Å²) in [5.41, 5.74) is 1.29. The number of fused-ring (bicyclic) bond motifs is 2. The molecule has 3 aromatic rings. The van der Waals surface area contributed by atoms with Crippen molar-refractivity contribution in [2.75, 3.05) is 18.4 Å². The number of aromatic nitrogens is 3.